The molecule has 2 rings (SSSR count). The number of hydrogen-bond donors (Lipinski definition) is 1. The molecule has 2 aromatic rings. The highest BCUT2D eigenvalue weighted by Crippen LogP contribution is 2.30. The van der Waals surface area contributed by atoms with Crippen LogP contribution in [0.15, 0.2) is 42.5 Å². The van der Waals surface area contributed by atoms with Gasteiger partial charge in [-0.05, 0) is 52.9 Å². The van der Waals surface area contributed by atoms with Crippen LogP contribution in [-0.4, -0.2) is 12.0 Å². The summed E-state index contributed by atoms with van der Waals surface area (Å²) in [5.74, 6) is 1.29. The van der Waals surface area contributed by atoms with Gasteiger partial charge in [-0.3, -0.25) is 10.1 Å². The molecule has 5 nitrogen and oxygen atoms in total. The van der Waals surface area contributed by atoms with E-state index in [4.69, 9.17) is 4.74 Å². The first-order valence-electron chi connectivity index (χ1n) is 5.50. The van der Waals surface area contributed by atoms with Crippen molar-refractivity contribution in [1.82, 2.24) is 0 Å². The van der Waals surface area contributed by atoms with Gasteiger partial charge >= 0.3 is 0 Å². The number of ether oxygens (including phenoxy) is 1. The second-order valence-corrected chi connectivity index (χ2v) is 4.91. The zero-order valence-electron chi connectivity index (χ0n) is 10.1. The lowest BCUT2D eigenvalue weighted by atomic mass is 10.3. The molecule has 0 saturated carbocycles. The smallest absolute Gasteiger partial charge is 0.270 e. The third-order valence-corrected chi connectivity index (χ3v) is 3.34. The topological polar surface area (TPSA) is 64.4 Å². The van der Waals surface area contributed by atoms with Gasteiger partial charge in [0.1, 0.15) is 11.5 Å². The van der Waals surface area contributed by atoms with E-state index in [-0.39, 0.29) is 5.69 Å². The number of hydrogen-bond acceptors (Lipinski definition) is 4. The van der Waals surface area contributed by atoms with Crippen LogP contribution < -0.4 is 10.1 Å². The maximum Gasteiger partial charge on any atom is 0.270 e. The standard InChI is InChI=1S/C13H11IN2O3/c1-15-9-2-5-11(6-3-9)19-13-7-4-10(16(17)18)8-12(13)14/h2-8,15H,1H3. The Morgan fingerprint density at radius 1 is 1.21 bits per heavy atom. The fraction of sp³-hybridized carbons (Fsp3) is 0.0769. The molecule has 1 N–H and O–H groups in total. The molecule has 0 aliphatic rings. The number of rotatable bonds is 4. The van der Waals surface area contributed by atoms with Gasteiger partial charge in [0.15, 0.2) is 0 Å². The zero-order chi connectivity index (χ0) is 13.8. The summed E-state index contributed by atoms with van der Waals surface area (Å²) in [7, 11) is 1.84. The number of benzene rings is 2. The van der Waals surface area contributed by atoms with Crippen molar-refractivity contribution >= 4 is 34.0 Å². The Hall–Kier alpha value is -1.83. The van der Waals surface area contributed by atoms with Crippen molar-refractivity contribution in [2.24, 2.45) is 0 Å². The van der Waals surface area contributed by atoms with E-state index in [0.717, 1.165) is 5.69 Å². The fourth-order valence-electron chi connectivity index (χ4n) is 1.50. The van der Waals surface area contributed by atoms with Crippen molar-refractivity contribution in [3.8, 4) is 11.5 Å². The Balaban J connectivity index is 2.20. The lowest BCUT2D eigenvalue weighted by Crippen LogP contribution is -1.92. The van der Waals surface area contributed by atoms with Crippen molar-refractivity contribution in [3.63, 3.8) is 0 Å². The molecule has 0 heterocycles. The Morgan fingerprint density at radius 2 is 1.89 bits per heavy atom. The van der Waals surface area contributed by atoms with Crippen LogP contribution in [0.4, 0.5) is 11.4 Å². The average molecular weight is 370 g/mol. The largest absolute Gasteiger partial charge is 0.456 e. The van der Waals surface area contributed by atoms with E-state index < -0.39 is 4.92 Å². The molecular weight excluding hydrogens is 359 g/mol. The summed E-state index contributed by atoms with van der Waals surface area (Å²) in [6.45, 7) is 0. The molecule has 0 fully saturated rings. The number of nitrogens with one attached hydrogen (secondary N) is 1. The molecule has 0 aromatic heterocycles. The molecule has 0 unspecified atom stereocenters. The van der Waals surface area contributed by atoms with Crippen molar-refractivity contribution in [2.45, 2.75) is 0 Å². The first kappa shape index (κ1) is 13.6. The van der Waals surface area contributed by atoms with Crippen LogP contribution >= 0.6 is 22.6 Å². The molecule has 19 heavy (non-hydrogen) atoms. The van der Waals surface area contributed by atoms with Crippen molar-refractivity contribution < 1.29 is 9.66 Å². The number of nitrogens with zero attached hydrogens (tertiary/aromatic N) is 1. The lowest BCUT2D eigenvalue weighted by molar-refractivity contribution is -0.385. The summed E-state index contributed by atoms with van der Waals surface area (Å²) in [6, 6.07) is 12.0. The van der Waals surface area contributed by atoms with Crippen molar-refractivity contribution in [2.75, 3.05) is 12.4 Å². The van der Waals surface area contributed by atoms with E-state index in [1.807, 2.05) is 53.9 Å². The maximum absolute atomic E-state index is 10.6. The van der Waals surface area contributed by atoms with E-state index in [0.29, 0.717) is 15.1 Å². The maximum atomic E-state index is 10.6. The van der Waals surface area contributed by atoms with E-state index >= 15 is 0 Å². The Labute approximate surface area is 123 Å². The van der Waals surface area contributed by atoms with Gasteiger partial charge in [0.2, 0.25) is 0 Å². The highest BCUT2D eigenvalue weighted by atomic mass is 127. The minimum atomic E-state index is -0.423. The molecule has 0 spiro atoms. The minimum absolute atomic E-state index is 0.0577. The SMILES string of the molecule is CNc1ccc(Oc2ccc([N+](=O)[O-])cc2I)cc1. The predicted molar refractivity (Wildman–Crippen MR) is 81.9 cm³/mol. The van der Waals surface area contributed by atoms with E-state index in [1.54, 1.807) is 6.07 Å². The van der Waals surface area contributed by atoms with Crippen molar-refractivity contribution in [1.29, 1.82) is 0 Å². The van der Waals surface area contributed by atoms with Crippen LogP contribution in [0.3, 0.4) is 0 Å². The van der Waals surface area contributed by atoms with Gasteiger partial charge in [-0.15, -0.1) is 0 Å². The third kappa shape index (κ3) is 3.34. The molecule has 0 saturated heterocycles. The quantitative estimate of drug-likeness (QED) is 0.501. The molecule has 0 radical (unpaired) electrons. The Kier molecular flexibility index (Phi) is 4.20. The van der Waals surface area contributed by atoms with E-state index in [2.05, 4.69) is 5.32 Å². The third-order valence-electron chi connectivity index (χ3n) is 2.50. The summed E-state index contributed by atoms with van der Waals surface area (Å²) in [5.41, 5.74) is 1.05. The highest BCUT2D eigenvalue weighted by molar-refractivity contribution is 14.1. The Morgan fingerprint density at radius 3 is 2.42 bits per heavy atom. The Bertz CT molecular complexity index is 599. The number of nitro groups is 1. The van der Waals surface area contributed by atoms with Gasteiger partial charge in [0.05, 0.1) is 8.49 Å². The van der Waals surface area contributed by atoms with Crippen LogP contribution in [0.1, 0.15) is 0 Å². The van der Waals surface area contributed by atoms with Crippen LogP contribution in [0, 0.1) is 13.7 Å². The molecule has 98 valence electrons. The molecule has 6 heteroatoms. The second-order valence-electron chi connectivity index (χ2n) is 3.75. The van der Waals surface area contributed by atoms with Gasteiger partial charge in [-0.1, -0.05) is 0 Å². The second kappa shape index (κ2) is 5.87. The van der Waals surface area contributed by atoms with Crippen LogP contribution in [0.2, 0.25) is 0 Å². The fourth-order valence-corrected chi connectivity index (χ4v) is 2.11. The van der Waals surface area contributed by atoms with Crippen LogP contribution in [0.25, 0.3) is 0 Å². The predicted octanol–water partition coefficient (Wildman–Crippen LogP) is 4.03. The van der Waals surface area contributed by atoms with Gasteiger partial charge in [-0.2, -0.15) is 0 Å². The monoisotopic (exact) mass is 370 g/mol. The molecular formula is C13H11IN2O3. The van der Waals surface area contributed by atoms with Crippen LogP contribution in [0.5, 0.6) is 11.5 Å². The van der Waals surface area contributed by atoms with Crippen molar-refractivity contribution in [3.05, 3.63) is 56.1 Å². The van der Waals surface area contributed by atoms with Crippen LogP contribution in [-0.2, 0) is 0 Å². The first-order chi connectivity index (χ1) is 9.10. The number of non-ortho nitro benzene ring substituents is 1. The summed E-state index contributed by atoms with van der Waals surface area (Å²) < 4.78 is 6.38. The molecule has 0 aliphatic carbocycles. The lowest BCUT2D eigenvalue weighted by Gasteiger charge is -2.08. The van der Waals surface area contributed by atoms with Gasteiger partial charge < -0.3 is 10.1 Å². The molecule has 0 aliphatic heterocycles. The summed E-state index contributed by atoms with van der Waals surface area (Å²) >= 11 is 2.02. The first-order valence-corrected chi connectivity index (χ1v) is 6.57. The number of nitro benzene ring substituents is 1. The average Bonchev–Trinajstić information content (AvgIpc) is 2.41. The summed E-state index contributed by atoms with van der Waals surface area (Å²) in [6.07, 6.45) is 0. The molecule has 0 atom stereocenters. The summed E-state index contributed by atoms with van der Waals surface area (Å²) in [4.78, 5) is 10.2. The number of anilines is 1. The molecule has 0 amide bonds. The summed E-state index contributed by atoms with van der Waals surface area (Å²) in [5, 5.41) is 13.7. The van der Waals surface area contributed by atoms with Gasteiger partial charge in [-0.25, -0.2) is 0 Å². The van der Waals surface area contributed by atoms with E-state index in [9.17, 15) is 10.1 Å². The number of halogens is 1. The van der Waals surface area contributed by atoms with Gasteiger partial charge in [0, 0.05) is 24.9 Å². The molecule has 2 aromatic carbocycles. The zero-order valence-corrected chi connectivity index (χ0v) is 12.2. The molecule has 0 bridgehead atoms. The minimum Gasteiger partial charge on any atom is -0.456 e. The van der Waals surface area contributed by atoms with Gasteiger partial charge in [0.25, 0.3) is 5.69 Å². The van der Waals surface area contributed by atoms with E-state index in [1.165, 1.54) is 12.1 Å². The highest BCUT2D eigenvalue weighted by Gasteiger charge is 2.10. The normalized spacial score (nSPS) is 10.0.